The zero-order valence-electron chi connectivity index (χ0n) is 10.0. The van der Waals surface area contributed by atoms with Crippen LogP contribution in [-0.2, 0) is 9.47 Å². The third kappa shape index (κ3) is 2.69. The zero-order valence-corrected chi connectivity index (χ0v) is 10.0. The van der Waals surface area contributed by atoms with E-state index in [9.17, 15) is 0 Å². The minimum Gasteiger partial charge on any atom is -0.493 e. The molecule has 2 N–H and O–H groups in total. The SMILES string of the molecule is COc1ccc(C2OCC(N)CO2)cc1OC. The molecule has 1 aromatic rings. The van der Waals surface area contributed by atoms with E-state index in [4.69, 9.17) is 24.7 Å². The quantitative estimate of drug-likeness (QED) is 0.855. The highest BCUT2D eigenvalue weighted by Gasteiger charge is 2.22. The van der Waals surface area contributed by atoms with Gasteiger partial charge in [0.1, 0.15) is 0 Å². The summed E-state index contributed by atoms with van der Waals surface area (Å²) in [5.41, 5.74) is 6.58. The van der Waals surface area contributed by atoms with Gasteiger partial charge >= 0.3 is 0 Å². The topological polar surface area (TPSA) is 62.9 Å². The summed E-state index contributed by atoms with van der Waals surface area (Å²) in [4.78, 5) is 0. The largest absolute Gasteiger partial charge is 0.493 e. The van der Waals surface area contributed by atoms with Crippen LogP contribution in [0.25, 0.3) is 0 Å². The third-order valence-electron chi connectivity index (χ3n) is 2.60. The summed E-state index contributed by atoms with van der Waals surface area (Å²) in [5, 5.41) is 0. The summed E-state index contributed by atoms with van der Waals surface area (Å²) in [7, 11) is 3.20. The molecule has 0 atom stereocenters. The summed E-state index contributed by atoms with van der Waals surface area (Å²) in [6.45, 7) is 0.998. The molecule has 5 heteroatoms. The van der Waals surface area contributed by atoms with Gasteiger partial charge in [-0.2, -0.15) is 0 Å². The Morgan fingerprint density at radius 2 is 1.76 bits per heavy atom. The first-order valence-corrected chi connectivity index (χ1v) is 5.45. The average molecular weight is 239 g/mol. The average Bonchev–Trinajstić information content (AvgIpc) is 2.39. The van der Waals surface area contributed by atoms with Gasteiger partial charge in [0.05, 0.1) is 33.5 Å². The molecule has 1 heterocycles. The van der Waals surface area contributed by atoms with Crippen LogP contribution in [0.2, 0.25) is 0 Å². The van der Waals surface area contributed by atoms with E-state index in [1.54, 1.807) is 14.2 Å². The standard InChI is InChI=1S/C12H17NO4/c1-14-10-4-3-8(5-11(10)15-2)12-16-6-9(13)7-17-12/h3-5,9,12H,6-7,13H2,1-2H3. The fourth-order valence-corrected chi connectivity index (χ4v) is 1.71. The normalized spacial score (nSPS) is 24.4. The summed E-state index contributed by atoms with van der Waals surface area (Å²) in [5.74, 6) is 1.34. The van der Waals surface area contributed by atoms with Crippen molar-refractivity contribution >= 4 is 0 Å². The number of hydrogen-bond acceptors (Lipinski definition) is 5. The predicted molar refractivity (Wildman–Crippen MR) is 62.2 cm³/mol. The Balaban J connectivity index is 2.16. The van der Waals surface area contributed by atoms with Crippen molar-refractivity contribution in [3.8, 4) is 11.5 Å². The molecule has 1 fully saturated rings. The van der Waals surface area contributed by atoms with Gasteiger partial charge in [-0.15, -0.1) is 0 Å². The molecule has 0 spiro atoms. The molecule has 0 aliphatic carbocycles. The van der Waals surface area contributed by atoms with Gasteiger partial charge in [0.2, 0.25) is 0 Å². The monoisotopic (exact) mass is 239 g/mol. The van der Waals surface area contributed by atoms with Gasteiger partial charge in [0.25, 0.3) is 0 Å². The number of nitrogens with two attached hydrogens (primary N) is 1. The molecule has 0 bridgehead atoms. The Hall–Kier alpha value is -1.30. The maximum absolute atomic E-state index is 5.68. The fraction of sp³-hybridized carbons (Fsp3) is 0.500. The summed E-state index contributed by atoms with van der Waals surface area (Å²) < 4.78 is 21.4. The van der Waals surface area contributed by atoms with Crippen LogP contribution in [0, 0.1) is 0 Å². The van der Waals surface area contributed by atoms with E-state index in [1.165, 1.54) is 0 Å². The third-order valence-corrected chi connectivity index (χ3v) is 2.60. The number of benzene rings is 1. The van der Waals surface area contributed by atoms with E-state index in [0.29, 0.717) is 24.7 Å². The Bertz CT molecular complexity index is 375. The summed E-state index contributed by atoms with van der Waals surface area (Å²) in [6.07, 6.45) is -0.380. The lowest BCUT2D eigenvalue weighted by Gasteiger charge is -2.27. The molecular formula is C12H17NO4. The van der Waals surface area contributed by atoms with Crippen LogP contribution in [0.3, 0.4) is 0 Å². The van der Waals surface area contributed by atoms with Crippen LogP contribution in [0.4, 0.5) is 0 Å². The molecule has 2 rings (SSSR count). The highest BCUT2D eigenvalue weighted by atomic mass is 16.7. The number of hydrogen-bond donors (Lipinski definition) is 1. The molecule has 0 amide bonds. The van der Waals surface area contributed by atoms with Crippen LogP contribution in [0.15, 0.2) is 18.2 Å². The van der Waals surface area contributed by atoms with Crippen LogP contribution in [0.1, 0.15) is 11.9 Å². The zero-order chi connectivity index (χ0) is 12.3. The molecular weight excluding hydrogens is 222 g/mol. The van der Waals surface area contributed by atoms with Crippen molar-refractivity contribution in [1.29, 1.82) is 0 Å². The highest BCUT2D eigenvalue weighted by molar-refractivity contribution is 5.43. The maximum atomic E-state index is 5.68. The lowest BCUT2D eigenvalue weighted by atomic mass is 10.2. The molecule has 17 heavy (non-hydrogen) atoms. The first-order chi connectivity index (χ1) is 8.24. The molecule has 0 radical (unpaired) electrons. The van der Waals surface area contributed by atoms with Crippen LogP contribution >= 0.6 is 0 Å². The van der Waals surface area contributed by atoms with Crippen LogP contribution in [-0.4, -0.2) is 33.5 Å². The molecule has 1 aliphatic heterocycles. The van der Waals surface area contributed by atoms with Crippen molar-refractivity contribution in [2.24, 2.45) is 5.73 Å². The number of ether oxygens (including phenoxy) is 4. The molecule has 94 valence electrons. The Morgan fingerprint density at radius 3 is 2.35 bits per heavy atom. The smallest absolute Gasteiger partial charge is 0.184 e. The van der Waals surface area contributed by atoms with Crippen molar-refractivity contribution in [3.63, 3.8) is 0 Å². The van der Waals surface area contributed by atoms with E-state index in [2.05, 4.69) is 0 Å². The molecule has 1 saturated heterocycles. The van der Waals surface area contributed by atoms with Crippen molar-refractivity contribution < 1.29 is 18.9 Å². The first-order valence-electron chi connectivity index (χ1n) is 5.45. The van der Waals surface area contributed by atoms with Crippen molar-refractivity contribution in [1.82, 2.24) is 0 Å². The van der Waals surface area contributed by atoms with Gasteiger partial charge in [-0.3, -0.25) is 0 Å². The molecule has 0 unspecified atom stereocenters. The van der Waals surface area contributed by atoms with Crippen LogP contribution < -0.4 is 15.2 Å². The second-order valence-corrected chi connectivity index (χ2v) is 3.87. The van der Waals surface area contributed by atoms with Gasteiger partial charge in [0.15, 0.2) is 17.8 Å². The minimum atomic E-state index is -0.380. The molecule has 1 aromatic carbocycles. The van der Waals surface area contributed by atoms with E-state index < -0.39 is 0 Å². The Kier molecular flexibility index (Phi) is 3.83. The molecule has 1 aliphatic rings. The summed E-state index contributed by atoms with van der Waals surface area (Å²) >= 11 is 0. The van der Waals surface area contributed by atoms with Crippen molar-refractivity contribution in [2.75, 3.05) is 27.4 Å². The van der Waals surface area contributed by atoms with E-state index in [1.807, 2.05) is 18.2 Å². The first kappa shape index (κ1) is 12.2. The molecule has 5 nitrogen and oxygen atoms in total. The van der Waals surface area contributed by atoms with Crippen molar-refractivity contribution in [2.45, 2.75) is 12.3 Å². The summed E-state index contributed by atoms with van der Waals surface area (Å²) in [6, 6.07) is 5.52. The Labute approximate surface area is 100 Å². The highest BCUT2D eigenvalue weighted by Crippen LogP contribution is 2.32. The minimum absolute atomic E-state index is 0.0496. The second-order valence-electron chi connectivity index (χ2n) is 3.87. The van der Waals surface area contributed by atoms with Gasteiger partial charge in [-0.1, -0.05) is 6.07 Å². The van der Waals surface area contributed by atoms with E-state index in [0.717, 1.165) is 5.56 Å². The Morgan fingerprint density at radius 1 is 1.12 bits per heavy atom. The lowest BCUT2D eigenvalue weighted by molar-refractivity contribution is -0.190. The molecule has 0 saturated carbocycles. The van der Waals surface area contributed by atoms with Crippen LogP contribution in [0.5, 0.6) is 11.5 Å². The fourth-order valence-electron chi connectivity index (χ4n) is 1.71. The number of methoxy groups -OCH3 is 2. The lowest BCUT2D eigenvalue weighted by Crippen LogP contribution is -2.37. The van der Waals surface area contributed by atoms with Gasteiger partial charge < -0.3 is 24.7 Å². The second kappa shape index (κ2) is 5.35. The van der Waals surface area contributed by atoms with Gasteiger partial charge in [-0.05, 0) is 12.1 Å². The number of rotatable bonds is 3. The van der Waals surface area contributed by atoms with Gasteiger partial charge in [-0.25, -0.2) is 0 Å². The van der Waals surface area contributed by atoms with E-state index in [-0.39, 0.29) is 12.3 Å². The van der Waals surface area contributed by atoms with Crippen molar-refractivity contribution in [3.05, 3.63) is 23.8 Å². The maximum Gasteiger partial charge on any atom is 0.184 e. The predicted octanol–water partition coefficient (Wildman–Crippen LogP) is 1.08. The van der Waals surface area contributed by atoms with E-state index >= 15 is 0 Å². The van der Waals surface area contributed by atoms with Gasteiger partial charge in [0, 0.05) is 5.56 Å². The molecule has 0 aromatic heterocycles.